The largest absolute Gasteiger partial charge is 0.496 e. The Bertz CT molecular complexity index is 425. The maximum absolute atomic E-state index is 5.74. The van der Waals surface area contributed by atoms with E-state index in [1.54, 1.807) is 7.11 Å². The predicted octanol–water partition coefficient (Wildman–Crippen LogP) is 2.45. The Labute approximate surface area is 111 Å². The summed E-state index contributed by atoms with van der Waals surface area (Å²) in [5.74, 6) is 0.993. The molecule has 0 saturated carbocycles. The third kappa shape index (κ3) is 3.24. The number of nitrogens with one attached hydrogen (secondary N) is 1. The van der Waals surface area contributed by atoms with E-state index in [1.165, 1.54) is 22.3 Å². The fourth-order valence-electron chi connectivity index (χ4n) is 2.00. The van der Waals surface area contributed by atoms with Crippen LogP contribution in [0.3, 0.4) is 0 Å². The van der Waals surface area contributed by atoms with Crippen LogP contribution in [0, 0.1) is 20.8 Å². The van der Waals surface area contributed by atoms with Gasteiger partial charge in [0.2, 0.25) is 0 Å². The lowest BCUT2D eigenvalue weighted by Gasteiger charge is -2.26. The molecule has 0 aliphatic carbocycles. The summed E-state index contributed by atoms with van der Waals surface area (Å²) in [5, 5.41) is 3.48. The van der Waals surface area contributed by atoms with E-state index in [9.17, 15) is 0 Å². The molecule has 0 bridgehead atoms. The normalized spacial score (nSPS) is 11.7. The molecule has 0 saturated heterocycles. The third-order valence-corrected chi connectivity index (χ3v) is 3.57. The number of aryl methyl sites for hydroxylation is 2. The zero-order valence-electron chi connectivity index (χ0n) is 12.5. The van der Waals surface area contributed by atoms with Gasteiger partial charge >= 0.3 is 0 Å². The first-order valence-electron chi connectivity index (χ1n) is 6.41. The number of hydrogen-bond acceptors (Lipinski definition) is 3. The minimum atomic E-state index is -0.0593. The first kappa shape index (κ1) is 15.0. The number of methoxy groups -OCH3 is 1. The van der Waals surface area contributed by atoms with E-state index in [4.69, 9.17) is 10.5 Å². The summed E-state index contributed by atoms with van der Waals surface area (Å²) in [6.07, 6.45) is 0. The molecule has 3 N–H and O–H groups in total. The zero-order valence-corrected chi connectivity index (χ0v) is 12.5. The van der Waals surface area contributed by atoms with Crippen molar-refractivity contribution in [1.29, 1.82) is 0 Å². The summed E-state index contributed by atoms with van der Waals surface area (Å²) >= 11 is 0. The number of nitrogens with two attached hydrogens (primary N) is 1. The lowest BCUT2D eigenvalue weighted by Crippen LogP contribution is -2.45. The molecule has 1 aromatic carbocycles. The van der Waals surface area contributed by atoms with Gasteiger partial charge in [0.1, 0.15) is 5.75 Å². The van der Waals surface area contributed by atoms with E-state index in [0.717, 1.165) is 12.3 Å². The summed E-state index contributed by atoms with van der Waals surface area (Å²) in [7, 11) is 1.73. The van der Waals surface area contributed by atoms with Crippen molar-refractivity contribution in [3.8, 4) is 5.75 Å². The van der Waals surface area contributed by atoms with E-state index < -0.39 is 0 Å². The van der Waals surface area contributed by atoms with Crippen LogP contribution < -0.4 is 15.8 Å². The summed E-state index contributed by atoms with van der Waals surface area (Å²) in [4.78, 5) is 0. The lowest BCUT2D eigenvalue weighted by molar-refractivity contribution is 0.377. The van der Waals surface area contributed by atoms with Gasteiger partial charge in [0.05, 0.1) is 7.11 Å². The first-order valence-corrected chi connectivity index (χ1v) is 6.41. The molecule has 0 aromatic heterocycles. The molecule has 18 heavy (non-hydrogen) atoms. The fourth-order valence-corrected chi connectivity index (χ4v) is 2.00. The van der Waals surface area contributed by atoms with Crippen LogP contribution >= 0.6 is 0 Å². The number of ether oxygens (including phenoxy) is 1. The van der Waals surface area contributed by atoms with Crippen molar-refractivity contribution in [2.75, 3.05) is 13.7 Å². The highest BCUT2D eigenvalue weighted by molar-refractivity contribution is 5.49. The van der Waals surface area contributed by atoms with Gasteiger partial charge in [-0.2, -0.15) is 0 Å². The Hall–Kier alpha value is -1.06. The highest BCUT2D eigenvalue weighted by Crippen LogP contribution is 2.29. The molecule has 1 aromatic rings. The van der Waals surface area contributed by atoms with Crippen LogP contribution in [-0.2, 0) is 6.54 Å². The van der Waals surface area contributed by atoms with Crippen molar-refractivity contribution in [2.24, 2.45) is 5.73 Å². The Morgan fingerprint density at radius 3 is 2.33 bits per heavy atom. The maximum Gasteiger partial charge on any atom is 0.126 e. The van der Waals surface area contributed by atoms with Crippen molar-refractivity contribution in [2.45, 2.75) is 46.7 Å². The average Bonchev–Trinajstić information content (AvgIpc) is 2.32. The van der Waals surface area contributed by atoms with Gasteiger partial charge in [0, 0.05) is 24.2 Å². The van der Waals surface area contributed by atoms with Crippen LogP contribution in [0.25, 0.3) is 0 Å². The van der Waals surface area contributed by atoms with Crippen LogP contribution in [0.15, 0.2) is 6.07 Å². The van der Waals surface area contributed by atoms with Gasteiger partial charge < -0.3 is 15.8 Å². The SMILES string of the molecule is COc1c(C)c(C)cc(C)c1CNC(C)(C)CN. The summed E-state index contributed by atoms with van der Waals surface area (Å²) in [5.41, 5.74) is 10.6. The topological polar surface area (TPSA) is 47.3 Å². The van der Waals surface area contributed by atoms with E-state index in [-0.39, 0.29) is 5.54 Å². The lowest BCUT2D eigenvalue weighted by atomic mass is 9.97. The zero-order chi connectivity index (χ0) is 13.9. The van der Waals surface area contributed by atoms with Gasteiger partial charge in [-0.3, -0.25) is 0 Å². The van der Waals surface area contributed by atoms with Gasteiger partial charge in [-0.05, 0) is 51.3 Å². The summed E-state index contributed by atoms with van der Waals surface area (Å²) in [6, 6.07) is 2.21. The Morgan fingerprint density at radius 2 is 1.83 bits per heavy atom. The van der Waals surface area contributed by atoms with Crippen molar-refractivity contribution < 1.29 is 4.74 Å². The van der Waals surface area contributed by atoms with Gasteiger partial charge in [-0.25, -0.2) is 0 Å². The minimum absolute atomic E-state index is 0.0593. The monoisotopic (exact) mass is 250 g/mol. The second-order valence-corrected chi connectivity index (χ2v) is 5.59. The summed E-state index contributed by atoms with van der Waals surface area (Å²) in [6.45, 7) is 11.9. The van der Waals surface area contributed by atoms with Crippen molar-refractivity contribution in [3.63, 3.8) is 0 Å². The van der Waals surface area contributed by atoms with E-state index in [1.807, 2.05) is 0 Å². The second kappa shape index (κ2) is 5.72. The van der Waals surface area contributed by atoms with Gasteiger partial charge in [0.15, 0.2) is 0 Å². The molecule has 3 nitrogen and oxygen atoms in total. The average molecular weight is 250 g/mol. The predicted molar refractivity (Wildman–Crippen MR) is 77.2 cm³/mol. The van der Waals surface area contributed by atoms with Crippen molar-refractivity contribution >= 4 is 0 Å². The van der Waals surface area contributed by atoms with Crippen LogP contribution in [0.5, 0.6) is 5.75 Å². The molecule has 1 rings (SSSR count). The molecule has 0 aliphatic rings. The molecule has 102 valence electrons. The molecule has 0 spiro atoms. The first-order chi connectivity index (χ1) is 8.32. The highest BCUT2D eigenvalue weighted by atomic mass is 16.5. The fraction of sp³-hybridized carbons (Fsp3) is 0.600. The number of hydrogen-bond donors (Lipinski definition) is 2. The van der Waals surface area contributed by atoms with Gasteiger partial charge in [-0.15, -0.1) is 0 Å². The highest BCUT2D eigenvalue weighted by Gasteiger charge is 2.17. The Morgan fingerprint density at radius 1 is 1.22 bits per heavy atom. The second-order valence-electron chi connectivity index (χ2n) is 5.59. The molecule has 0 heterocycles. The molecular weight excluding hydrogens is 224 g/mol. The molecule has 0 unspecified atom stereocenters. The molecule has 0 radical (unpaired) electrons. The van der Waals surface area contributed by atoms with E-state index in [2.05, 4.69) is 46.0 Å². The Kier molecular flexibility index (Phi) is 4.77. The molecule has 3 heteroatoms. The van der Waals surface area contributed by atoms with Crippen LogP contribution in [-0.4, -0.2) is 19.2 Å². The van der Waals surface area contributed by atoms with Crippen molar-refractivity contribution in [1.82, 2.24) is 5.32 Å². The standard InChI is InChI=1S/C15H26N2O/c1-10-7-11(2)13(14(18-6)12(10)3)8-17-15(4,5)9-16/h7,17H,8-9,16H2,1-6H3. The maximum atomic E-state index is 5.74. The minimum Gasteiger partial charge on any atom is -0.496 e. The van der Waals surface area contributed by atoms with Crippen LogP contribution in [0.4, 0.5) is 0 Å². The van der Waals surface area contributed by atoms with Crippen LogP contribution in [0.1, 0.15) is 36.1 Å². The van der Waals surface area contributed by atoms with E-state index in [0.29, 0.717) is 6.54 Å². The molecule has 0 fully saturated rings. The van der Waals surface area contributed by atoms with Gasteiger partial charge in [0.25, 0.3) is 0 Å². The quantitative estimate of drug-likeness (QED) is 0.844. The third-order valence-electron chi connectivity index (χ3n) is 3.57. The van der Waals surface area contributed by atoms with Gasteiger partial charge in [-0.1, -0.05) is 6.07 Å². The smallest absolute Gasteiger partial charge is 0.126 e. The molecular formula is C15H26N2O. The molecule has 0 amide bonds. The van der Waals surface area contributed by atoms with E-state index >= 15 is 0 Å². The number of rotatable bonds is 5. The summed E-state index contributed by atoms with van der Waals surface area (Å²) < 4.78 is 5.57. The molecule has 0 atom stereocenters. The van der Waals surface area contributed by atoms with Crippen LogP contribution in [0.2, 0.25) is 0 Å². The Balaban J connectivity index is 3.05. The number of benzene rings is 1. The van der Waals surface area contributed by atoms with Crippen molar-refractivity contribution in [3.05, 3.63) is 28.3 Å². The molecule has 0 aliphatic heterocycles.